The van der Waals surface area contributed by atoms with Gasteiger partial charge in [-0.3, -0.25) is 14.9 Å². The number of nitrogens with zero attached hydrogens (tertiary/aromatic N) is 2. The molecule has 8 heteroatoms. The van der Waals surface area contributed by atoms with Crippen LogP contribution in [0.3, 0.4) is 0 Å². The largest absolute Gasteiger partial charge is 0.349 e. The smallest absolute Gasteiger partial charge is 0.269 e. The first-order valence-corrected chi connectivity index (χ1v) is 9.47. The Morgan fingerprint density at radius 2 is 1.96 bits per heavy atom. The zero-order valence-electron chi connectivity index (χ0n) is 13.0. The summed E-state index contributed by atoms with van der Waals surface area (Å²) in [7, 11) is 0. The molecular formula is C17H13N3O3S2. The van der Waals surface area contributed by atoms with Crippen LogP contribution in [-0.4, -0.2) is 21.9 Å². The van der Waals surface area contributed by atoms with Crippen LogP contribution >= 0.6 is 22.7 Å². The Balaban J connectivity index is 1.73. The molecule has 4 rings (SSSR count). The van der Waals surface area contributed by atoms with Crippen molar-refractivity contribution in [1.82, 2.24) is 10.3 Å². The van der Waals surface area contributed by atoms with Crippen LogP contribution in [0.5, 0.6) is 0 Å². The predicted octanol–water partition coefficient (Wildman–Crippen LogP) is 4.34. The van der Waals surface area contributed by atoms with E-state index in [2.05, 4.69) is 10.3 Å². The summed E-state index contributed by atoms with van der Waals surface area (Å²) in [6.07, 6.45) is 2.04. The van der Waals surface area contributed by atoms with Gasteiger partial charge >= 0.3 is 0 Å². The lowest BCUT2D eigenvalue weighted by atomic mass is 10.2. The molecule has 1 amide bonds. The van der Waals surface area contributed by atoms with E-state index in [-0.39, 0.29) is 17.6 Å². The van der Waals surface area contributed by atoms with Gasteiger partial charge in [-0.15, -0.1) is 11.3 Å². The van der Waals surface area contributed by atoms with E-state index in [1.165, 1.54) is 23.5 Å². The van der Waals surface area contributed by atoms with E-state index < -0.39 is 4.92 Å². The fourth-order valence-electron chi connectivity index (χ4n) is 2.40. The summed E-state index contributed by atoms with van der Waals surface area (Å²) in [6.45, 7) is 0. The Morgan fingerprint density at radius 3 is 2.56 bits per heavy atom. The lowest BCUT2D eigenvalue weighted by molar-refractivity contribution is -0.384. The van der Waals surface area contributed by atoms with Crippen molar-refractivity contribution in [3.8, 4) is 21.8 Å². The molecule has 0 unspecified atom stereocenters. The van der Waals surface area contributed by atoms with Gasteiger partial charge in [-0.25, -0.2) is 4.98 Å². The van der Waals surface area contributed by atoms with Crippen molar-refractivity contribution in [2.45, 2.75) is 18.9 Å². The van der Waals surface area contributed by atoms with Crippen LogP contribution < -0.4 is 5.32 Å². The number of hydrogen-bond acceptors (Lipinski definition) is 6. The Hall–Kier alpha value is -2.58. The van der Waals surface area contributed by atoms with E-state index in [1.807, 2.05) is 16.8 Å². The second kappa shape index (κ2) is 6.38. The SMILES string of the molecule is O=C(NC1CC1)c1sc(-c2ccc([N+](=O)[O-])cc2)nc1-c1ccsc1. The lowest BCUT2D eigenvalue weighted by Gasteiger charge is -2.01. The van der Waals surface area contributed by atoms with Crippen molar-refractivity contribution in [2.24, 2.45) is 0 Å². The topological polar surface area (TPSA) is 85.1 Å². The van der Waals surface area contributed by atoms with E-state index in [9.17, 15) is 14.9 Å². The van der Waals surface area contributed by atoms with Gasteiger partial charge in [-0.05, 0) is 36.4 Å². The number of rotatable bonds is 5. The molecule has 0 saturated heterocycles. The number of thiophene rings is 1. The predicted molar refractivity (Wildman–Crippen MR) is 98.0 cm³/mol. The molecule has 0 radical (unpaired) electrons. The molecule has 0 aliphatic heterocycles. The highest BCUT2D eigenvalue weighted by atomic mass is 32.1. The first-order valence-electron chi connectivity index (χ1n) is 7.71. The van der Waals surface area contributed by atoms with Crippen molar-refractivity contribution >= 4 is 34.3 Å². The number of aromatic nitrogens is 1. The number of amides is 1. The van der Waals surface area contributed by atoms with Gasteiger partial charge in [0.25, 0.3) is 11.6 Å². The second-order valence-electron chi connectivity index (χ2n) is 5.76. The number of benzene rings is 1. The van der Waals surface area contributed by atoms with Gasteiger partial charge in [-0.1, -0.05) is 0 Å². The van der Waals surface area contributed by atoms with Gasteiger partial charge in [0.1, 0.15) is 9.88 Å². The van der Waals surface area contributed by atoms with E-state index in [1.54, 1.807) is 23.5 Å². The average molecular weight is 371 g/mol. The summed E-state index contributed by atoms with van der Waals surface area (Å²) in [4.78, 5) is 28.2. The minimum Gasteiger partial charge on any atom is -0.349 e. The molecule has 3 aromatic rings. The number of nitrogens with one attached hydrogen (secondary N) is 1. The summed E-state index contributed by atoms with van der Waals surface area (Å²) >= 11 is 2.86. The van der Waals surface area contributed by atoms with Crippen LogP contribution in [0.2, 0.25) is 0 Å². The summed E-state index contributed by atoms with van der Waals surface area (Å²) in [6, 6.07) is 8.43. The maximum Gasteiger partial charge on any atom is 0.269 e. The van der Waals surface area contributed by atoms with Crippen LogP contribution in [0, 0.1) is 10.1 Å². The molecule has 0 atom stereocenters. The van der Waals surface area contributed by atoms with E-state index in [0.717, 1.165) is 24.0 Å². The van der Waals surface area contributed by atoms with Crippen LogP contribution in [0.15, 0.2) is 41.1 Å². The first-order chi connectivity index (χ1) is 12.1. The van der Waals surface area contributed by atoms with Crippen molar-refractivity contribution in [1.29, 1.82) is 0 Å². The van der Waals surface area contributed by atoms with Gasteiger partial charge in [0, 0.05) is 34.7 Å². The normalized spacial score (nSPS) is 13.6. The van der Waals surface area contributed by atoms with Crippen molar-refractivity contribution < 1.29 is 9.72 Å². The Labute approximate surface area is 151 Å². The zero-order chi connectivity index (χ0) is 17.4. The van der Waals surface area contributed by atoms with Crippen LogP contribution in [0.4, 0.5) is 5.69 Å². The molecule has 1 fully saturated rings. The standard InChI is InChI=1S/C17H13N3O3S2/c21-16(18-12-3-4-12)15-14(11-7-8-24-9-11)19-17(25-15)10-1-5-13(6-2-10)20(22)23/h1-2,5-9,12H,3-4H2,(H,18,21). The number of thiazole rings is 1. The molecule has 0 bridgehead atoms. The third kappa shape index (κ3) is 3.31. The molecule has 1 aliphatic rings. The Morgan fingerprint density at radius 1 is 1.20 bits per heavy atom. The maximum absolute atomic E-state index is 12.6. The van der Waals surface area contributed by atoms with Crippen molar-refractivity contribution in [2.75, 3.05) is 0 Å². The van der Waals surface area contributed by atoms with Gasteiger partial charge in [0.2, 0.25) is 0 Å². The highest BCUT2D eigenvalue weighted by Gasteiger charge is 2.27. The van der Waals surface area contributed by atoms with E-state index in [4.69, 9.17) is 0 Å². The summed E-state index contributed by atoms with van der Waals surface area (Å²) in [5.74, 6) is -0.102. The summed E-state index contributed by atoms with van der Waals surface area (Å²) < 4.78 is 0. The van der Waals surface area contributed by atoms with Gasteiger partial charge in [-0.2, -0.15) is 11.3 Å². The molecule has 1 aliphatic carbocycles. The van der Waals surface area contributed by atoms with Crippen LogP contribution in [0.1, 0.15) is 22.5 Å². The first kappa shape index (κ1) is 15.9. The number of carbonyl (C=O) groups excluding carboxylic acids is 1. The highest BCUT2D eigenvalue weighted by molar-refractivity contribution is 7.17. The van der Waals surface area contributed by atoms with Gasteiger partial charge < -0.3 is 5.32 Å². The molecule has 1 aromatic carbocycles. The van der Waals surface area contributed by atoms with Crippen molar-refractivity contribution in [3.05, 3.63) is 56.1 Å². The van der Waals surface area contributed by atoms with E-state index in [0.29, 0.717) is 15.6 Å². The molecule has 2 heterocycles. The number of nitro benzene ring substituents is 1. The summed E-state index contributed by atoms with van der Waals surface area (Å²) in [5, 5.41) is 18.4. The third-order valence-electron chi connectivity index (χ3n) is 3.87. The molecule has 1 saturated carbocycles. The molecule has 126 valence electrons. The quantitative estimate of drug-likeness (QED) is 0.534. The Kier molecular flexibility index (Phi) is 4.06. The molecule has 25 heavy (non-hydrogen) atoms. The fraction of sp³-hybridized carbons (Fsp3) is 0.176. The minimum atomic E-state index is -0.434. The summed E-state index contributed by atoms with van der Waals surface area (Å²) in [5.41, 5.74) is 2.37. The zero-order valence-corrected chi connectivity index (χ0v) is 14.6. The molecule has 6 nitrogen and oxygen atoms in total. The molecular weight excluding hydrogens is 358 g/mol. The molecule has 1 N–H and O–H groups in total. The number of carbonyl (C=O) groups is 1. The average Bonchev–Trinajstić information content (AvgIpc) is 3.11. The van der Waals surface area contributed by atoms with Crippen LogP contribution in [0.25, 0.3) is 21.8 Å². The second-order valence-corrected chi connectivity index (χ2v) is 7.54. The molecule has 0 spiro atoms. The number of non-ortho nitro benzene ring substituents is 1. The number of nitro groups is 1. The Bertz CT molecular complexity index is 929. The monoisotopic (exact) mass is 371 g/mol. The maximum atomic E-state index is 12.6. The highest BCUT2D eigenvalue weighted by Crippen LogP contribution is 2.35. The third-order valence-corrected chi connectivity index (χ3v) is 5.65. The minimum absolute atomic E-state index is 0.0325. The van der Waals surface area contributed by atoms with E-state index >= 15 is 0 Å². The van der Waals surface area contributed by atoms with Gasteiger partial charge in [0.15, 0.2) is 0 Å². The number of hydrogen-bond donors (Lipinski definition) is 1. The molecule has 2 aromatic heterocycles. The van der Waals surface area contributed by atoms with Gasteiger partial charge in [0.05, 0.1) is 10.6 Å². The van der Waals surface area contributed by atoms with Crippen molar-refractivity contribution in [3.63, 3.8) is 0 Å². The lowest BCUT2D eigenvalue weighted by Crippen LogP contribution is -2.24. The fourth-order valence-corrected chi connectivity index (χ4v) is 4.03. The van der Waals surface area contributed by atoms with Crippen LogP contribution in [-0.2, 0) is 0 Å².